The van der Waals surface area contributed by atoms with Crippen LogP contribution < -0.4 is 5.84 Å². The number of rotatable bonds is 5. The van der Waals surface area contributed by atoms with Gasteiger partial charge in [0, 0.05) is 0 Å². The summed E-state index contributed by atoms with van der Waals surface area (Å²) in [5.41, 5.74) is 0. The van der Waals surface area contributed by atoms with Crippen molar-refractivity contribution in [3.05, 3.63) is 41.8 Å². The zero-order valence-electron chi connectivity index (χ0n) is 11.6. The number of nitrogens with zero attached hydrogens (tertiary/aromatic N) is 5. The number of thiophene rings is 1. The van der Waals surface area contributed by atoms with Crippen molar-refractivity contribution in [2.24, 2.45) is 0 Å². The summed E-state index contributed by atoms with van der Waals surface area (Å²) in [5.74, 6) is 8.54. The Bertz CT molecular complexity index is 897. The highest BCUT2D eigenvalue weighted by Crippen LogP contribution is 2.26. The molecule has 0 spiro atoms. The maximum Gasteiger partial charge on any atom is 0.237 e. The van der Waals surface area contributed by atoms with Crippen molar-refractivity contribution in [2.75, 3.05) is 5.84 Å². The molecular weight excluding hydrogens is 336 g/mol. The lowest BCUT2D eigenvalue weighted by Gasteiger charge is -1.99. The zero-order chi connectivity index (χ0) is 15.6. The first kappa shape index (κ1) is 14.0. The Labute approximate surface area is 138 Å². The minimum Gasteiger partial charge on any atom is -0.461 e. The third-order valence-corrected chi connectivity index (χ3v) is 4.73. The van der Waals surface area contributed by atoms with Crippen LogP contribution in [-0.4, -0.2) is 25.0 Å². The van der Waals surface area contributed by atoms with E-state index >= 15 is 0 Å². The van der Waals surface area contributed by atoms with E-state index in [-0.39, 0.29) is 0 Å². The van der Waals surface area contributed by atoms with Crippen molar-refractivity contribution < 1.29 is 8.94 Å². The fourth-order valence-corrected chi connectivity index (χ4v) is 3.24. The number of hydrogen-bond acceptors (Lipinski definition) is 9. The van der Waals surface area contributed by atoms with Gasteiger partial charge in [0.15, 0.2) is 5.76 Å². The monoisotopic (exact) mass is 346 g/mol. The normalized spacial score (nSPS) is 11.1. The lowest BCUT2D eigenvalue weighted by Crippen LogP contribution is -2.11. The maximum atomic E-state index is 5.99. The summed E-state index contributed by atoms with van der Waals surface area (Å²) in [6.07, 6.45) is 1.56. The summed E-state index contributed by atoms with van der Waals surface area (Å²) in [6, 6.07) is 7.42. The Hall–Kier alpha value is -2.59. The van der Waals surface area contributed by atoms with Crippen LogP contribution in [0.1, 0.15) is 5.89 Å². The van der Waals surface area contributed by atoms with Crippen LogP contribution in [0.3, 0.4) is 0 Å². The highest BCUT2D eigenvalue weighted by Gasteiger charge is 2.16. The molecule has 0 unspecified atom stereocenters. The molecule has 4 rings (SSSR count). The Balaban J connectivity index is 1.48. The molecule has 0 aromatic carbocycles. The van der Waals surface area contributed by atoms with Gasteiger partial charge in [0.2, 0.25) is 22.7 Å². The van der Waals surface area contributed by atoms with E-state index in [1.807, 2.05) is 17.5 Å². The van der Waals surface area contributed by atoms with Gasteiger partial charge in [-0.3, -0.25) is 0 Å². The van der Waals surface area contributed by atoms with Gasteiger partial charge in [0.25, 0.3) is 0 Å². The van der Waals surface area contributed by atoms with Gasteiger partial charge >= 0.3 is 0 Å². The van der Waals surface area contributed by atoms with Gasteiger partial charge in [-0.05, 0) is 23.6 Å². The Morgan fingerprint density at radius 3 is 3.00 bits per heavy atom. The van der Waals surface area contributed by atoms with Crippen LogP contribution in [0.15, 0.2) is 50.0 Å². The third-order valence-electron chi connectivity index (χ3n) is 2.94. The Morgan fingerprint density at radius 2 is 2.22 bits per heavy atom. The van der Waals surface area contributed by atoms with Crippen molar-refractivity contribution >= 4 is 23.1 Å². The average Bonchev–Trinajstić information content (AvgIpc) is 3.33. The molecule has 0 fully saturated rings. The molecule has 4 heterocycles. The van der Waals surface area contributed by atoms with Crippen LogP contribution >= 0.6 is 23.1 Å². The van der Waals surface area contributed by atoms with Crippen molar-refractivity contribution in [1.29, 1.82) is 0 Å². The van der Waals surface area contributed by atoms with Crippen LogP contribution in [0.2, 0.25) is 0 Å². The van der Waals surface area contributed by atoms with Gasteiger partial charge in [0.1, 0.15) is 0 Å². The molecule has 0 bridgehead atoms. The van der Waals surface area contributed by atoms with Crippen molar-refractivity contribution in [2.45, 2.75) is 10.9 Å². The topological polar surface area (TPSA) is 109 Å². The molecule has 0 amide bonds. The van der Waals surface area contributed by atoms with Gasteiger partial charge in [-0.25, -0.2) is 4.68 Å². The highest BCUT2D eigenvalue weighted by atomic mass is 32.2. The summed E-state index contributed by atoms with van der Waals surface area (Å²) < 4.78 is 11.9. The molecule has 0 aliphatic heterocycles. The van der Waals surface area contributed by atoms with E-state index < -0.39 is 0 Å². The number of hydrogen-bond donors (Lipinski definition) is 1. The smallest absolute Gasteiger partial charge is 0.237 e. The van der Waals surface area contributed by atoms with Crippen molar-refractivity contribution in [3.8, 4) is 22.3 Å². The van der Waals surface area contributed by atoms with Crippen LogP contribution in [0.25, 0.3) is 22.3 Å². The van der Waals surface area contributed by atoms with Crippen molar-refractivity contribution in [3.63, 3.8) is 0 Å². The first-order chi connectivity index (χ1) is 11.3. The van der Waals surface area contributed by atoms with E-state index in [9.17, 15) is 0 Å². The molecule has 0 aliphatic carbocycles. The van der Waals surface area contributed by atoms with Crippen LogP contribution in [0, 0.1) is 0 Å². The Kier molecular flexibility index (Phi) is 3.60. The lowest BCUT2D eigenvalue weighted by molar-refractivity contribution is 0.391. The Morgan fingerprint density at radius 1 is 1.26 bits per heavy atom. The van der Waals surface area contributed by atoms with Gasteiger partial charge in [-0.2, -0.15) is 4.98 Å². The van der Waals surface area contributed by atoms with Gasteiger partial charge in [-0.15, -0.1) is 21.5 Å². The number of furan rings is 1. The van der Waals surface area contributed by atoms with Gasteiger partial charge in [0.05, 0.1) is 16.9 Å². The summed E-state index contributed by atoms with van der Waals surface area (Å²) in [4.78, 5) is 5.31. The first-order valence-electron chi connectivity index (χ1n) is 6.55. The second-order valence-electron chi connectivity index (χ2n) is 4.43. The van der Waals surface area contributed by atoms with E-state index in [0.717, 1.165) is 4.88 Å². The minimum absolute atomic E-state index is 0.450. The predicted octanol–water partition coefficient (Wildman–Crippen LogP) is 2.66. The SMILES string of the molecule is Nn1c(SCc2nc(-c3cccs3)no2)nnc1-c1ccco1. The minimum atomic E-state index is 0.450. The molecule has 0 saturated heterocycles. The van der Waals surface area contributed by atoms with E-state index in [1.54, 1.807) is 29.7 Å². The number of thioether (sulfide) groups is 1. The molecule has 0 saturated carbocycles. The fourth-order valence-electron chi connectivity index (χ4n) is 1.89. The lowest BCUT2D eigenvalue weighted by atomic mass is 10.4. The van der Waals surface area contributed by atoms with Crippen LogP contribution in [0.4, 0.5) is 0 Å². The molecule has 0 atom stereocenters. The third kappa shape index (κ3) is 2.73. The summed E-state index contributed by atoms with van der Waals surface area (Å²) >= 11 is 2.92. The summed E-state index contributed by atoms with van der Waals surface area (Å²) in [5, 5.41) is 14.5. The zero-order valence-corrected chi connectivity index (χ0v) is 13.3. The van der Waals surface area contributed by atoms with E-state index in [2.05, 4.69) is 20.3 Å². The van der Waals surface area contributed by atoms with Crippen LogP contribution in [-0.2, 0) is 5.75 Å². The quantitative estimate of drug-likeness (QED) is 0.434. The van der Waals surface area contributed by atoms with Gasteiger partial charge < -0.3 is 14.8 Å². The van der Waals surface area contributed by atoms with E-state index in [1.165, 1.54) is 16.4 Å². The number of nitrogen functional groups attached to an aromatic ring is 1. The molecule has 10 heteroatoms. The standard InChI is InChI=1S/C13H10N6O2S2/c14-19-12(8-3-1-5-20-8)16-17-13(19)23-7-10-15-11(18-21-10)9-4-2-6-22-9/h1-6H,7,14H2. The second-order valence-corrected chi connectivity index (χ2v) is 6.32. The molecule has 8 nitrogen and oxygen atoms in total. The second kappa shape index (κ2) is 5.89. The summed E-state index contributed by atoms with van der Waals surface area (Å²) in [6.45, 7) is 0. The predicted molar refractivity (Wildman–Crippen MR) is 85.0 cm³/mol. The maximum absolute atomic E-state index is 5.99. The molecule has 116 valence electrons. The number of nitrogens with two attached hydrogens (primary N) is 1. The molecular formula is C13H10N6O2S2. The van der Waals surface area contributed by atoms with E-state index in [4.69, 9.17) is 14.8 Å². The first-order valence-corrected chi connectivity index (χ1v) is 8.41. The number of aromatic nitrogens is 5. The average molecular weight is 346 g/mol. The summed E-state index contributed by atoms with van der Waals surface area (Å²) in [7, 11) is 0. The van der Waals surface area contributed by atoms with E-state index in [0.29, 0.717) is 34.2 Å². The fraction of sp³-hybridized carbons (Fsp3) is 0.0769. The molecule has 23 heavy (non-hydrogen) atoms. The molecule has 4 aromatic rings. The molecule has 4 aromatic heterocycles. The van der Waals surface area contributed by atoms with Crippen molar-refractivity contribution in [1.82, 2.24) is 25.0 Å². The molecule has 2 N–H and O–H groups in total. The van der Waals surface area contributed by atoms with Crippen LogP contribution in [0.5, 0.6) is 0 Å². The molecule has 0 radical (unpaired) electrons. The van der Waals surface area contributed by atoms with Gasteiger partial charge in [-0.1, -0.05) is 23.0 Å². The largest absolute Gasteiger partial charge is 0.461 e. The molecule has 0 aliphatic rings. The highest BCUT2D eigenvalue weighted by molar-refractivity contribution is 7.98.